The van der Waals surface area contributed by atoms with E-state index in [0.717, 1.165) is 12.1 Å². The van der Waals surface area contributed by atoms with Crippen LogP contribution in [-0.4, -0.2) is 69.8 Å². The standard InChI is InChI=1S/C15H23N2O5P/c1-7-10(6-16-4-3-9(19)5-16)13(15(21)22-23)17-12(7)11(8(2)18)14(17)20/h7-9,11-12,18-19H,3-6,23H2,1-2H3/t7-,8+,9-,11?,12+/m0/s1. The monoisotopic (exact) mass is 342 g/mol. The molecule has 0 saturated carbocycles. The molecule has 7 nitrogen and oxygen atoms in total. The highest BCUT2D eigenvalue weighted by atomic mass is 31.0. The molecule has 0 aliphatic carbocycles. The Bertz CT molecular complexity index is 564. The molecule has 2 N–H and O–H groups in total. The maximum atomic E-state index is 12.4. The van der Waals surface area contributed by atoms with Gasteiger partial charge in [0.25, 0.3) is 0 Å². The van der Waals surface area contributed by atoms with Gasteiger partial charge in [0.15, 0.2) is 0 Å². The molecule has 0 aromatic rings. The van der Waals surface area contributed by atoms with Gasteiger partial charge in [-0.25, -0.2) is 4.79 Å². The smallest absolute Gasteiger partial charge is 0.357 e. The fraction of sp³-hybridized carbons (Fsp3) is 0.733. The molecule has 0 spiro atoms. The van der Waals surface area contributed by atoms with Crippen LogP contribution in [-0.2, 0) is 14.1 Å². The number of nitrogens with zero attached hydrogens (tertiary/aromatic N) is 2. The molecule has 2 fully saturated rings. The van der Waals surface area contributed by atoms with Gasteiger partial charge in [-0.05, 0) is 18.9 Å². The first kappa shape index (κ1) is 16.8. The zero-order valence-corrected chi connectivity index (χ0v) is 14.5. The maximum Gasteiger partial charge on any atom is 0.357 e. The predicted molar refractivity (Wildman–Crippen MR) is 84.9 cm³/mol. The van der Waals surface area contributed by atoms with Crippen molar-refractivity contribution in [2.45, 2.75) is 38.5 Å². The molecule has 0 radical (unpaired) electrons. The van der Waals surface area contributed by atoms with Crippen LogP contribution in [0.15, 0.2) is 11.3 Å². The second-order valence-corrected chi connectivity index (χ2v) is 6.95. The van der Waals surface area contributed by atoms with E-state index in [1.807, 2.05) is 16.4 Å². The molecule has 2 unspecified atom stereocenters. The van der Waals surface area contributed by atoms with Crippen molar-refractivity contribution in [3.8, 4) is 0 Å². The van der Waals surface area contributed by atoms with E-state index in [1.54, 1.807) is 6.92 Å². The number of likely N-dealkylation sites (tertiary alicyclic amines) is 1. The summed E-state index contributed by atoms with van der Waals surface area (Å²) in [5, 5.41) is 19.5. The highest BCUT2D eigenvalue weighted by Gasteiger charge is 2.60. The minimum atomic E-state index is -0.743. The Balaban J connectivity index is 1.89. The van der Waals surface area contributed by atoms with Gasteiger partial charge in [0.2, 0.25) is 5.91 Å². The number of aliphatic hydroxyl groups is 2. The van der Waals surface area contributed by atoms with Crippen molar-refractivity contribution in [2.24, 2.45) is 11.8 Å². The molecule has 3 aliphatic rings. The summed E-state index contributed by atoms with van der Waals surface area (Å²) in [5.74, 6) is -1.27. The van der Waals surface area contributed by atoms with Gasteiger partial charge in [-0.3, -0.25) is 9.69 Å². The molecule has 23 heavy (non-hydrogen) atoms. The van der Waals surface area contributed by atoms with Gasteiger partial charge in [0.05, 0.1) is 33.6 Å². The Morgan fingerprint density at radius 3 is 2.74 bits per heavy atom. The molecule has 1 amide bonds. The van der Waals surface area contributed by atoms with Crippen LogP contribution >= 0.6 is 9.47 Å². The average molecular weight is 342 g/mol. The fourth-order valence-electron chi connectivity index (χ4n) is 4.09. The summed E-state index contributed by atoms with van der Waals surface area (Å²) in [4.78, 5) is 28.1. The second kappa shape index (κ2) is 6.13. The minimum Gasteiger partial charge on any atom is -0.447 e. The molecule has 0 bridgehead atoms. The Morgan fingerprint density at radius 2 is 2.22 bits per heavy atom. The lowest BCUT2D eigenvalue weighted by Crippen LogP contribution is -2.63. The predicted octanol–water partition coefficient (Wildman–Crippen LogP) is -0.502. The molecule has 3 heterocycles. The molecule has 0 aromatic heterocycles. The van der Waals surface area contributed by atoms with Gasteiger partial charge >= 0.3 is 5.97 Å². The van der Waals surface area contributed by atoms with E-state index in [-0.39, 0.29) is 24.0 Å². The number of carbonyl (C=O) groups excluding carboxylic acids is 2. The van der Waals surface area contributed by atoms with E-state index in [2.05, 4.69) is 4.90 Å². The Morgan fingerprint density at radius 1 is 1.52 bits per heavy atom. The fourth-order valence-corrected chi connectivity index (χ4v) is 4.21. The van der Waals surface area contributed by atoms with Gasteiger partial charge < -0.3 is 19.6 Å². The van der Waals surface area contributed by atoms with Crippen molar-refractivity contribution in [3.05, 3.63) is 11.3 Å². The van der Waals surface area contributed by atoms with Crippen molar-refractivity contribution in [1.82, 2.24) is 9.80 Å². The molecule has 3 aliphatic heterocycles. The topological polar surface area (TPSA) is 90.3 Å². The Kier molecular flexibility index (Phi) is 4.49. The van der Waals surface area contributed by atoms with Gasteiger partial charge in [0, 0.05) is 25.6 Å². The van der Waals surface area contributed by atoms with Gasteiger partial charge in [-0.15, -0.1) is 0 Å². The van der Waals surface area contributed by atoms with Crippen molar-refractivity contribution >= 4 is 21.3 Å². The molecule has 6 atom stereocenters. The average Bonchev–Trinajstić information content (AvgIpc) is 3.00. The van der Waals surface area contributed by atoms with Crippen LogP contribution in [0.4, 0.5) is 0 Å². The Labute approximate surface area is 137 Å². The van der Waals surface area contributed by atoms with Crippen LogP contribution < -0.4 is 0 Å². The van der Waals surface area contributed by atoms with Crippen LogP contribution in [0.1, 0.15) is 20.3 Å². The van der Waals surface area contributed by atoms with Gasteiger partial charge in [0.1, 0.15) is 5.70 Å². The van der Waals surface area contributed by atoms with Crippen molar-refractivity contribution < 1.29 is 24.3 Å². The number of hydrogen-bond acceptors (Lipinski definition) is 6. The SMILES string of the molecule is C[C@@H](O)C1C(=O)N2C(C(=O)OP)=C(CN3CC[C@H](O)C3)[C@H](C)[C@H]12. The lowest BCUT2D eigenvalue weighted by atomic mass is 9.77. The first-order chi connectivity index (χ1) is 10.9. The highest BCUT2D eigenvalue weighted by Crippen LogP contribution is 2.47. The van der Waals surface area contributed by atoms with Crippen molar-refractivity contribution in [1.29, 1.82) is 0 Å². The van der Waals surface area contributed by atoms with Crippen LogP contribution in [0, 0.1) is 11.8 Å². The molecular formula is C15H23N2O5P. The first-order valence-corrected chi connectivity index (χ1v) is 8.39. The minimum absolute atomic E-state index is 0.0239. The summed E-state index contributed by atoms with van der Waals surface area (Å²) >= 11 is 0. The lowest BCUT2D eigenvalue weighted by Gasteiger charge is -2.46. The summed E-state index contributed by atoms with van der Waals surface area (Å²) in [6.45, 7) is 5.44. The number of β-lactam (4-membered cyclic amide) rings is 1. The van der Waals surface area contributed by atoms with E-state index < -0.39 is 18.0 Å². The summed E-state index contributed by atoms with van der Waals surface area (Å²) in [6.07, 6.45) is -0.367. The van der Waals surface area contributed by atoms with Crippen LogP contribution in [0.25, 0.3) is 0 Å². The molecular weight excluding hydrogens is 319 g/mol. The number of fused-ring (bicyclic) bond motifs is 1. The quantitative estimate of drug-likeness (QED) is 0.529. The Hall–Kier alpha value is -1.01. The summed E-state index contributed by atoms with van der Waals surface area (Å²) < 4.78 is 4.79. The van der Waals surface area contributed by atoms with E-state index in [1.165, 1.54) is 4.90 Å². The van der Waals surface area contributed by atoms with Gasteiger partial charge in [-0.2, -0.15) is 0 Å². The number of amides is 1. The van der Waals surface area contributed by atoms with Crippen LogP contribution in [0.2, 0.25) is 0 Å². The van der Waals surface area contributed by atoms with Crippen molar-refractivity contribution in [2.75, 3.05) is 19.6 Å². The van der Waals surface area contributed by atoms with E-state index in [0.29, 0.717) is 25.2 Å². The normalized spacial score (nSPS) is 35.3. The third-order valence-corrected chi connectivity index (χ3v) is 5.47. The van der Waals surface area contributed by atoms with Gasteiger partial charge in [-0.1, -0.05) is 6.92 Å². The third kappa shape index (κ3) is 2.60. The zero-order chi connectivity index (χ0) is 16.9. The number of hydrogen-bond donors (Lipinski definition) is 2. The molecule has 0 aromatic carbocycles. The number of aliphatic hydroxyl groups excluding tert-OH is 2. The number of rotatable bonds is 4. The zero-order valence-electron chi connectivity index (χ0n) is 13.3. The van der Waals surface area contributed by atoms with E-state index in [9.17, 15) is 19.8 Å². The van der Waals surface area contributed by atoms with E-state index in [4.69, 9.17) is 4.52 Å². The first-order valence-electron chi connectivity index (χ1n) is 7.92. The molecule has 2 saturated heterocycles. The van der Waals surface area contributed by atoms with Crippen LogP contribution in [0.3, 0.4) is 0 Å². The number of β-amino-alcohol motifs (C(OH)–C–C–N with tert-alkyl or cyclic N) is 1. The van der Waals surface area contributed by atoms with Crippen molar-refractivity contribution in [3.63, 3.8) is 0 Å². The molecule has 3 rings (SSSR count). The largest absolute Gasteiger partial charge is 0.447 e. The molecule has 8 heteroatoms. The third-order valence-electron chi connectivity index (χ3n) is 5.26. The lowest BCUT2D eigenvalue weighted by molar-refractivity contribution is -0.162. The highest BCUT2D eigenvalue weighted by molar-refractivity contribution is 7.10. The maximum absolute atomic E-state index is 12.4. The second-order valence-electron chi connectivity index (χ2n) is 6.71. The van der Waals surface area contributed by atoms with E-state index >= 15 is 0 Å². The summed E-state index contributed by atoms with van der Waals surface area (Å²) in [7, 11) is 1.93. The summed E-state index contributed by atoms with van der Waals surface area (Å²) in [5.41, 5.74) is 1.16. The summed E-state index contributed by atoms with van der Waals surface area (Å²) in [6, 6.07) is -0.191. The number of carbonyl (C=O) groups is 2. The van der Waals surface area contributed by atoms with Crippen LogP contribution in [0.5, 0.6) is 0 Å². The molecule has 128 valence electrons.